The molecule has 2 aromatic rings. The summed E-state index contributed by atoms with van der Waals surface area (Å²) in [4.78, 5) is 2.21. The number of para-hydroxylation sites is 1. The maximum atomic E-state index is 5.82. The summed E-state index contributed by atoms with van der Waals surface area (Å²) in [6.45, 7) is 0.794. The van der Waals surface area contributed by atoms with Crippen LogP contribution in [0.5, 0.6) is 0 Å². The molecule has 2 radical (unpaired) electrons. The predicted octanol–water partition coefficient (Wildman–Crippen LogP) is 2.00. The molecular weight excluding hydrogens is 195 g/mol. The molecule has 2 aromatic carbocycles. The van der Waals surface area contributed by atoms with Gasteiger partial charge in [0.15, 0.2) is 0 Å². The second-order valence-corrected chi connectivity index (χ2v) is 3.88. The van der Waals surface area contributed by atoms with Crippen LogP contribution in [0.2, 0.25) is 0 Å². The molecule has 1 heterocycles. The molecular formula is C13H11BN2. The largest absolute Gasteiger partial charge is 0.366 e. The second-order valence-electron chi connectivity index (χ2n) is 3.88. The van der Waals surface area contributed by atoms with Crippen molar-refractivity contribution >= 4 is 30.4 Å². The summed E-state index contributed by atoms with van der Waals surface area (Å²) < 4.78 is 0. The van der Waals surface area contributed by atoms with Gasteiger partial charge in [0, 0.05) is 5.69 Å². The monoisotopic (exact) mass is 206 g/mol. The zero-order valence-electron chi connectivity index (χ0n) is 8.85. The van der Waals surface area contributed by atoms with E-state index in [1.807, 2.05) is 36.4 Å². The second kappa shape index (κ2) is 3.60. The van der Waals surface area contributed by atoms with Crippen LogP contribution in [0.1, 0.15) is 0 Å². The predicted molar refractivity (Wildman–Crippen MR) is 68.9 cm³/mol. The zero-order chi connectivity index (χ0) is 11.0. The maximum Gasteiger partial charge on any atom is 0.113 e. The number of nitrogens with one attached hydrogen (secondary N) is 1. The van der Waals surface area contributed by atoms with Crippen molar-refractivity contribution in [3.05, 3.63) is 48.5 Å². The molecule has 0 amide bonds. The Bertz CT molecular complexity index is 511. The van der Waals surface area contributed by atoms with Gasteiger partial charge >= 0.3 is 0 Å². The van der Waals surface area contributed by atoms with E-state index in [9.17, 15) is 0 Å². The van der Waals surface area contributed by atoms with Gasteiger partial charge in [0.05, 0.1) is 18.0 Å². The molecule has 0 bridgehead atoms. The van der Waals surface area contributed by atoms with Crippen LogP contribution in [0.4, 0.5) is 17.1 Å². The Kier molecular flexibility index (Phi) is 2.10. The summed E-state index contributed by atoms with van der Waals surface area (Å²) in [6.07, 6.45) is 0. The van der Waals surface area contributed by atoms with E-state index in [2.05, 4.69) is 22.3 Å². The molecule has 3 rings (SSSR count). The molecule has 2 nitrogen and oxygen atoms in total. The summed E-state index contributed by atoms with van der Waals surface area (Å²) in [5.41, 5.74) is 4.26. The average Bonchev–Trinajstić information content (AvgIpc) is 2.73. The highest BCUT2D eigenvalue weighted by Crippen LogP contribution is 2.35. The van der Waals surface area contributed by atoms with Gasteiger partial charge in [-0.2, -0.15) is 0 Å². The molecule has 0 aromatic heterocycles. The number of nitrogens with zero attached hydrogens (tertiary/aromatic N) is 1. The Labute approximate surface area is 96.3 Å². The molecule has 0 unspecified atom stereocenters. The summed E-state index contributed by atoms with van der Waals surface area (Å²) in [7, 11) is 5.82. The normalized spacial score (nSPS) is 13.4. The van der Waals surface area contributed by atoms with Gasteiger partial charge in [0.1, 0.15) is 7.85 Å². The standard InChI is InChI=1S/C13H11BN2/c14-10-6-7-12-13(8-10)16(9-15-12)11-4-2-1-3-5-11/h1-8,15H,9H2. The number of benzene rings is 2. The fourth-order valence-corrected chi connectivity index (χ4v) is 2.01. The van der Waals surface area contributed by atoms with Crippen molar-refractivity contribution in [2.24, 2.45) is 0 Å². The van der Waals surface area contributed by atoms with E-state index in [-0.39, 0.29) is 0 Å². The highest BCUT2D eigenvalue weighted by Gasteiger charge is 2.18. The van der Waals surface area contributed by atoms with E-state index in [1.54, 1.807) is 0 Å². The van der Waals surface area contributed by atoms with E-state index in [1.165, 1.54) is 5.69 Å². The molecule has 1 aliphatic heterocycles. The molecule has 16 heavy (non-hydrogen) atoms. The molecule has 0 aliphatic carbocycles. The van der Waals surface area contributed by atoms with E-state index < -0.39 is 0 Å². The summed E-state index contributed by atoms with van der Waals surface area (Å²) in [6, 6.07) is 16.2. The van der Waals surface area contributed by atoms with Crippen molar-refractivity contribution in [2.75, 3.05) is 16.9 Å². The topological polar surface area (TPSA) is 15.3 Å². The van der Waals surface area contributed by atoms with Gasteiger partial charge in [-0.25, -0.2) is 0 Å². The Balaban J connectivity index is 2.06. The Hall–Kier alpha value is -1.90. The van der Waals surface area contributed by atoms with Gasteiger partial charge in [-0.15, -0.1) is 0 Å². The summed E-state index contributed by atoms with van der Waals surface area (Å²) >= 11 is 0. The molecule has 0 spiro atoms. The van der Waals surface area contributed by atoms with Crippen LogP contribution < -0.4 is 15.7 Å². The fourth-order valence-electron chi connectivity index (χ4n) is 2.01. The average molecular weight is 206 g/mol. The lowest BCUT2D eigenvalue weighted by Crippen LogP contribution is -2.16. The molecule has 0 atom stereocenters. The molecule has 3 heteroatoms. The van der Waals surface area contributed by atoms with Crippen LogP contribution in [0.15, 0.2) is 48.5 Å². The van der Waals surface area contributed by atoms with Crippen molar-refractivity contribution in [1.82, 2.24) is 0 Å². The number of fused-ring (bicyclic) bond motifs is 1. The van der Waals surface area contributed by atoms with Gasteiger partial charge in [-0.1, -0.05) is 29.7 Å². The van der Waals surface area contributed by atoms with E-state index in [4.69, 9.17) is 7.85 Å². The Morgan fingerprint density at radius 1 is 1.06 bits per heavy atom. The first-order valence-electron chi connectivity index (χ1n) is 5.30. The lowest BCUT2D eigenvalue weighted by atomic mass is 9.95. The number of anilines is 3. The molecule has 0 saturated carbocycles. The highest BCUT2D eigenvalue weighted by molar-refractivity contribution is 6.32. The minimum atomic E-state index is 0.794. The minimum absolute atomic E-state index is 0.794. The van der Waals surface area contributed by atoms with Gasteiger partial charge in [-0.3, -0.25) is 0 Å². The minimum Gasteiger partial charge on any atom is -0.366 e. The summed E-state index contributed by atoms with van der Waals surface area (Å²) in [5.74, 6) is 0. The lowest BCUT2D eigenvalue weighted by molar-refractivity contribution is 1.10. The third-order valence-corrected chi connectivity index (χ3v) is 2.81. The quantitative estimate of drug-likeness (QED) is 0.718. The van der Waals surface area contributed by atoms with Crippen molar-refractivity contribution in [1.29, 1.82) is 0 Å². The molecule has 0 fully saturated rings. The van der Waals surface area contributed by atoms with Crippen molar-refractivity contribution < 1.29 is 0 Å². The third kappa shape index (κ3) is 1.45. The molecule has 1 N–H and O–H groups in total. The van der Waals surface area contributed by atoms with Gasteiger partial charge in [0.25, 0.3) is 0 Å². The van der Waals surface area contributed by atoms with Gasteiger partial charge in [-0.05, 0) is 24.3 Å². The molecule has 0 saturated heterocycles. The van der Waals surface area contributed by atoms with Crippen LogP contribution in [0.25, 0.3) is 0 Å². The van der Waals surface area contributed by atoms with Crippen molar-refractivity contribution in [3.63, 3.8) is 0 Å². The molecule has 1 aliphatic rings. The van der Waals surface area contributed by atoms with Crippen LogP contribution >= 0.6 is 0 Å². The van der Waals surface area contributed by atoms with Crippen molar-refractivity contribution in [3.8, 4) is 0 Å². The van der Waals surface area contributed by atoms with Crippen LogP contribution in [0, 0.1) is 0 Å². The SMILES string of the molecule is [B]c1ccc2c(c1)N(c1ccccc1)CN2. The third-order valence-electron chi connectivity index (χ3n) is 2.81. The number of hydrogen-bond acceptors (Lipinski definition) is 2. The Morgan fingerprint density at radius 3 is 2.69 bits per heavy atom. The zero-order valence-corrected chi connectivity index (χ0v) is 8.85. The Morgan fingerprint density at radius 2 is 1.88 bits per heavy atom. The smallest absolute Gasteiger partial charge is 0.113 e. The van der Waals surface area contributed by atoms with E-state index in [0.717, 1.165) is 23.5 Å². The van der Waals surface area contributed by atoms with Gasteiger partial charge < -0.3 is 10.2 Å². The first-order valence-corrected chi connectivity index (χ1v) is 5.30. The number of rotatable bonds is 1. The van der Waals surface area contributed by atoms with Crippen LogP contribution in [-0.2, 0) is 0 Å². The lowest BCUT2D eigenvalue weighted by Gasteiger charge is -2.18. The first-order chi connectivity index (χ1) is 7.84. The van der Waals surface area contributed by atoms with E-state index >= 15 is 0 Å². The van der Waals surface area contributed by atoms with Crippen LogP contribution in [0.3, 0.4) is 0 Å². The highest BCUT2D eigenvalue weighted by atomic mass is 15.3. The number of hydrogen-bond donors (Lipinski definition) is 1. The van der Waals surface area contributed by atoms with Gasteiger partial charge in [0.2, 0.25) is 0 Å². The van der Waals surface area contributed by atoms with E-state index in [0.29, 0.717) is 0 Å². The van der Waals surface area contributed by atoms with Crippen LogP contribution in [-0.4, -0.2) is 14.5 Å². The maximum absolute atomic E-state index is 5.82. The first kappa shape index (κ1) is 9.34. The summed E-state index contributed by atoms with van der Waals surface area (Å²) in [5, 5.41) is 3.35. The fraction of sp³-hybridized carbons (Fsp3) is 0.0769. The molecule has 76 valence electrons. The van der Waals surface area contributed by atoms with Crippen molar-refractivity contribution in [2.45, 2.75) is 0 Å².